The molecule has 0 saturated carbocycles. The Kier molecular flexibility index (Phi) is 20.1. The fourth-order valence-corrected chi connectivity index (χ4v) is 9.52. The Hall–Kier alpha value is -3.40. The van der Waals surface area contributed by atoms with Gasteiger partial charge in [0.25, 0.3) is 23.6 Å². The van der Waals surface area contributed by atoms with Crippen molar-refractivity contribution in [1.82, 2.24) is 16.0 Å². The highest BCUT2D eigenvalue weighted by Crippen LogP contribution is 2.36. The zero-order chi connectivity index (χ0) is 45.0. The van der Waals surface area contributed by atoms with Gasteiger partial charge in [-0.15, -0.1) is 0 Å². The van der Waals surface area contributed by atoms with E-state index in [0.29, 0.717) is 11.4 Å². The van der Waals surface area contributed by atoms with E-state index in [1.807, 2.05) is 0 Å². The molecule has 8 atom stereocenters. The topological polar surface area (TPSA) is 374 Å². The Morgan fingerprint density at radius 1 is 0.517 bits per heavy atom. The summed E-state index contributed by atoms with van der Waals surface area (Å²) in [7, 11) is 0. The van der Waals surface area contributed by atoms with Gasteiger partial charge in [-0.3, -0.25) is 24.0 Å². The van der Waals surface area contributed by atoms with E-state index in [9.17, 15) is 64.8 Å². The number of hydrogen-bond donors (Lipinski definition) is 16. The van der Waals surface area contributed by atoms with Crippen molar-refractivity contribution in [3.8, 4) is 0 Å². The van der Waals surface area contributed by atoms with Crippen molar-refractivity contribution in [3.63, 3.8) is 0 Å². The van der Waals surface area contributed by atoms with Crippen molar-refractivity contribution in [1.29, 1.82) is 0 Å². The number of carbonyl (C=O) groups is 5. The first-order valence-electron chi connectivity index (χ1n) is 17.5. The molecule has 3 aromatic rings. The van der Waals surface area contributed by atoms with E-state index in [-0.39, 0.29) is 38.7 Å². The minimum atomic E-state index is -2.02. The van der Waals surface area contributed by atoms with Crippen LogP contribution in [0.2, 0.25) is 0 Å². The number of rotatable bonds is 20. The quantitative estimate of drug-likeness (QED) is 0.0397. The minimum absolute atomic E-state index is 0.0372. The monoisotopic (exact) mass is 1180 g/mol. The van der Waals surface area contributed by atoms with Crippen molar-refractivity contribution >= 4 is 114 Å². The second kappa shape index (κ2) is 23.7. The summed E-state index contributed by atoms with van der Waals surface area (Å²) in [5.74, 6) is -3.92. The van der Waals surface area contributed by atoms with Crippen LogP contribution in [0.5, 0.6) is 0 Å². The molecule has 0 saturated heterocycles. The fraction of sp³-hybridized carbons (Fsp3) is 0.361. The molecule has 5 amide bonds. The predicted octanol–water partition coefficient (Wildman–Crippen LogP) is -2.97. The second-order valence-corrected chi connectivity index (χ2v) is 16.2. The van der Waals surface area contributed by atoms with Crippen molar-refractivity contribution < 1.29 is 75.0 Å². The van der Waals surface area contributed by atoms with Gasteiger partial charge in [0.1, 0.15) is 36.6 Å². The smallest absolute Gasteiger partial charge is 0.255 e. The van der Waals surface area contributed by atoms with Gasteiger partial charge in [-0.05, 0) is 116 Å². The van der Waals surface area contributed by atoms with E-state index in [2.05, 4.69) is 26.6 Å². The molecular formula is C36H43I3N6O15. The summed E-state index contributed by atoms with van der Waals surface area (Å²) in [5, 5.41) is 111. The van der Waals surface area contributed by atoms with E-state index in [4.69, 9.17) is 15.9 Å². The van der Waals surface area contributed by atoms with E-state index in [0.717, 1.165) is 0 Å². The lowest BCUT2D eigenvalue weighted by Crippen LogP contribution is -2.50. The van der Waals surface area contributed by atoms with Crippen LogP contribution in [0.25, 0.3) is 0 Å². The van der Waals surface area contributed by atoms with Crippen LogP contribution < -0.4 is 32.3 Å². The third-order valence-electron chi connectivity index (χ3n) is 8.62. The standard InChI is InChI=1S/C36H43I3N6O15/c37-25-23(35(59)41-9-18(48)29(53)31(55)20(50)12-46)26(38)28(27(39)24(25)36(60)42-10-19(49)30(54)32(56)21(51)13-47)45-22(52)11-43-33(57)14-1-3-15(4-2-14)34(58)44-17-7-5-16(40)6-8-17/h1-8,18-21,29-32,46-51,53-56H,9-13,40H2,(H,41,59)(H,42,60)(H,43,57)(H,44,58)(H,45,52). The van der Waals surface area contributed by atoms with Crippen LogP contribution in [0.3, 0.4) is 0 Å². The van der Waals surface area contributed by atoms with E-state index < -0.39 is 111 Å². The number of nitrogens with one attached hydrogen (secondary N) is 5. The SMILES string of the molecule is Nc1ccc(NC(=O)c2ccc(C(=O)NCC(=O)Nc3c(I)c(C(=O)NCC(O)C(O)C(O)C(O)CO)c(I)c(C(=O)NCC(O)C(O)C(O)C(O)CO)c3I)cc2)cc1. The van der Waals surface area contributed by atoms with Gasteiger partial charge >= 0.3 is 0 Å². The molecule has 24 heteroatoms. The number of halogens is 3. The number of aliphatic hydroxyl groups is 10. The van der Waals surface area contributed by atoms with E-state index in [1.54, 1.807) is 92.0 Å². The second-order valence-electron chi connectivity index (χ2n) is 13.0. The molecule has 60 heavy (non-hydrogen) atoms. The summed E-state index contributed by atoms with van der Waals surface area (Å²) in [4.78, 5) is 66.1. The van der Waals surface area contributed by atoms with Crippen LogP contribution >= 0.6 is 67.8 Å². The number of anilines is 3. The highest BCUT2D eigenvalue weighted by Gasteiger charge is 2.34. The molecule has 0 heterocycles. The van der Waals surface area contributed by atoms with Crippen LogP contribution in [-0.2, 0) is 4.79 Å². The maximum absolute atomic E-state index is 13.6. The molecule has 328 valence electrons. The average molecular weight is 1180 g/mol. The fourth-order valence-electron chi connectivity index (χ4n) is 5.10. The summed E-state index contributed by atoms with van der Waals surface area (Å²) >= 11 is 5.05. The maximum Gasteiger partial charge on any atom is 0.255 e. The Bertz CT molecular complexity index is 1930. The first-order chi connectivity index (χ1) is 28.2. The normalized spacial score (nSPS) is 15.3. The van der Waals surface area contributed by atoms with Crippen molar-refractivity contribution in [2.24, 2.45) is 0 Å². The molecule has 17 N–H and O–H groups in total. The Morgan fingerprint density at radius 3 is 1.33 bits per heavy atom. The summed E-state index contributed by atoms with van der Waals surface area (Å²) in [6, 6.07) is 12.0. The number of nitrogen functional groups attached to an aromatic ring is 1. The van der Waals surface area contributed by atoms with E-state index in [1.165, 1.54) is 24.3 Å². The number of nitrogens with two attached hydrogens (primary N) is 1. The zero-order valence-electron chi connectivity index (χ0n) is 31.0. The van der Waals surface area contributed by atoms with Crippen LogP contribution in [0, 0.1) is 10.7 Å². The molecule has 0 aliphatic carbocycles. The van der Waals surface area contributed by atoms with Gasteiger partial charge in [-0.2, -0.15) is 0 Å². The van der Waals surface area contributed by atoms with Gasteiger partial charge in [0.15, 0.2) is 0 Å². The highest BCUT2D eigenvalue weighted by molar-refractivity contribution is 14.1. The van der Waals surface area contributed by atoms with Gasteiger partial charge < -0.3 is 83.4 Å². The molecule has 0 spiro atoms. The summed E-state index contributed by atoms with van der Waals surface area (Å²) < 4.78 is 0.0560. The van der Waals surface area contributed by atoms with Gasteiger partial charge in [-0.25, -0.2) is 0 Å². The molecule has 0 radical (unpaired) electrons. The number of amides is 5. The Morgan fingerprint density at radius 2 is 0.917 bits per heavy atom. The number of hydrogen-bond acceptors (Lipinski definition) is 16. The Balaban J connectivity index is 1.84. The van der Waals surface area contributed by atoms with Gasteiger partial charge in [0.2, 0.25) is 5.91 Å². The highest BCUT2D eigenvalue weighted by atomic mass is 127. The molecular weight excluding hydrogens is 1140 g/mol. The zero-order valence-corrected chi connectivity index (χ0v) is 37.5. The van der Waals surface area contributed by atoms with Crippen molar-refractivity contribution in [2.45, 2.75) is 48.8 Å². The first kappa shape index (κ1) is 51.0. The van der Waals surface area contributed by atoms with Gasteiger partial charge in [-0.1, -0.05) is 0 Å². The molecule has 0 aromatic heterocycles. The molecule has 3 aromatic carbocycles. The molecule has 8 unspecified atom stereocenters. The van der Waals surface area contributed by atoms with Crippen LogP contribution in [-0.4, -0.2) is 162 Å². The van der Waals surface area contributed by atoms with Crippen LogP contribution in [0.4, 0.5) is 17.1 Å². The molecule has 0 aliphatic heterocycles. The third-order valence-corrected chi connectivity index (χ3v) is 11.9. The van der Waals surface area contributed by atoms with Crippen molar-refractivity contribution in [2.75, 3.05) is 49.2 Å². The third kappa shape index (κ3) is 13.5. The van der Waals surface area contributed by atoms with E-state index >= 15 is 0 Å². The van der Waals surface area contributed by atoms with Crippen molar-refractivity contribution in [3.05, 3.63) is 81.5 Å². The Labute approximate surface area is 382 Å². The first-order valence-corrected chi connectivity index (χ1v) is 20.8. The molecule has 21 nitrogen and oxygen atoms in total. The van der Waals surface area contributed by atoms with Gasteiger partial charge in [0.05, 0.1) is 55.9 Å². The lowest BCUT2D eigenvalue weighted by molar-refractivity contribution is -0.115. The lowest BCUT2D eigenvalue weighted by Gasteiger charge is -2.26. The van der Waals surface area contributed by atoms with Gasteiger partial charge in [0, 0.05) is 39.2 Å². The number of benzene rings is 3. The minimum Gasteiger partial charge on any atom is -0.399 e. The molecule has 0 aliphatic rings. The summed E-state index contributed by atoms with van der Waals surface area (Å²) in [6.45, 7) is -3.95. The average Bonchev–Trinajstić information content (AvgIpc) is 3.24. The molecule has 0 bridgehead atoms. The summed E-state index contributed by atoms with van der Waals surface area (Å²) in [6.07, 6.45) is -15.4. The number of carbonyl (C=O) groups excluding carboxylic acids is 5. The number of aliphatic hydroxyl groups excluding tert-OH is 10. The molecule has 0 fully saturated rings. The maximum atomic E-state index is 13.6. The predicted molar refractivity (Wildman–Crippen MR) is 238 cm³/mol. The summed E-state index contributed by atoms with van der Waals surface area (Å²) in [5.41, 5.74) is 6.41. The van der Waals surface area contributed by atoms with Crippen LogP contribution in [0.15, 0.2) is 48.5 Å². The lowest BCUT2D eigenvalue weighted by atomic mass is 10.0. The van der Waals surface area contributed by atoms with Crippen LogP contribution in [0.1, 0.15) is 41.4 Å². The molecule has 3 rings (SSSR count). The largest absolute Gasteiger partial charge is 0.399 e.